The summed E-state index contributed by atoms with van der Waals surface area (Å²) < 4.78 is 0.943. The third-order valence-corrected chi connectivity index (χ3v) is 8.36. The maximum atomic E-state index is 10.6. The molecule has 0 radical (unpaired) electrons. The average Bonchev–Trinajstić information content (AvgIpc) is 2.67. The molecule has 0 aromatic carbocycles. The van der Waals surface area contributed by atoms with Crippen molar-refractivity contribution in [3.05, 3.63) is 19.8 Å². The summed E-state index contributed by atoms with van der Waals surface area (Å²) >= 11 is 11.1. The molecule has 1 aromatic rings. The van der Waals surface area contributed by atoms with Crippen LogP contribution in [-0.4, -0.2) is 5.11 Å². The predicted octanol–water partition coefficient (Wildman–Crippen LogP) is 5.80. The smallest absolute Gasteiger partial charge is 0.0888 e. The molecule has 1 atom stereocenters. The highest BCUT2D eigenvalue weighted by Gasteiger charge is 2.51. The molecule has 4 bridgehead atoms. The SMILES string of the molecule is OC(CC12CC3CC(CC(C3)C1)C2)c1cc(Cl)c(Br)s1. The Kier molecular flexibility index (Phi) is 3.49. The first-order valence-corrected chi connectivity index (χ1v) is 9.64. The zero-order chi connectivity index (χ0) is 13.9. The van der Waals surface area contributed by atoms with Crippen LogP contribution in [0.4, 0.5) is 0 Å². The van der Waals surface area contributed by atoms with Gasteiger partial charge in [-0.15, -0.1) is 11.3 Å². The van der Waals surface area contributed by atoms with Gasteiger partial charge in [0.25, 0.3) is 0 Å². The minimum Gasteiger partial charge on any atom is -0.388 e. The van der Waals surface area contributed by atoms with E-state index in [4.69, 9.17) is 11.6 Å². The maximum absolute atomic E-state index is 10.6. The summed E-state index contributed by atoms with van der Waals surface area (Å²) in [5, 5.41) is 11.4. The van der Waals surface area contributed by atoms with Gasteiger partial charge in [0.15, 0.2) is 0 Å². The lowest BCUT2D eigenvalue weighted by atomic mass is 9.48. The maximum Gasteiger partial charge on any atom is 0.0888 e. The van der Waals surface area contributed by atoms with Gasteiger partial charge in [-0.05, 0) is 90.1 Å². The van der Waals surface area contributed by atoms with Crippen molar-refractivity contribution in [2.24, 2.45) is 23.2 Å². The monoisotopic (exact) mass is 374 g/mol. The third kappa shape index (κ3) is 2.39. The number of thiophene rings is 1. The van der Waals surface area contributed by atoms with Crippen LogP contribution in [0, 0.1) is 23.2 Å². The summed E-state index contributed by atoms with van der Waals surface area (Å²) in [5.74, 6) is 2.85. The van der Waals surface area contributed by atoms with Crippen LogP contribution in [0.15, 0.2) is 9.85 Å². The van der Waals surface area contributed by atoms with E-state index in [0.717, 1.165) is 37.9 Å². The first-order valence-electron chi connectivity index (χ1n) is 7.66. The molecule has 20 heavy (non-hydrogen) atoms. The highest BCUT2D eigenvalue weighted by molar-refractivity contribution is 9.11. The van der Waals surface area contributed by atoms with E-state index in [1.54, 1.807) is 11.3 Å². The Morgan fingerprint density at radius 3 is 2.25 bits per heavy atom. The molecule has 0 saturated heterocycles. The zero-order valence-corrected chi connectivity index (χ0v) is 14.6. The topological polar surface area (TPSA) is 20.2 Å². The van der Waals surface area contributed by atoms with Crippen LogP contribution in [0.1, 0.15) is 55.9 Å². The Hall–Kier alpha value is 0.430. The molecule has 110 valence electrons. The Bertz CT molecular complexity index is 472. The molecular formula is C16H20BrClOS. The number of rotatable bonds is 3. The van der Waals surface area contributed by atoms with Crippen molar-refractivity contribution in [3.63, 3.8) is 0 Å². The second kappa shape index (κ2) is 4.97. The number of hydrogen-bond donors (Lipinski definition) is 1. The lowest BCUT2D eigenvalue weighted by molar-refractivity contribution is -0.0760. The van der Waals surface area contributed by atoms with E-state index in [1.807, 2.05) is 6.07 Å². The van der Waals surface area contributed by atoms with Crippen molar-refractivity contribution in [1.82, 2.24) is 0 Å². The van der Waals surface area contributed by atoms with Crippen molar-refractivity contribution in [2.75, 3.05) is 0 Å². The molecule has 0 amide bonds. The van der Waals surface area contributed by atoms with Gasteiger partial charge in [-0.25, -0.2) is 0 Å². The van der Waals surface area contributed by atoms with Crippen LogP contribution >= 0.6 is 38.9 Å². The highest BCUT2D eigenvalue weighted by atomic mass is 79.9. The lowest BCUT2D eigenvalue weighted by Crippen LogP contribution is -2.46. The fourth-order valence-corrected chi connectivity index (χ4v) is 7.31. The number of halogens is 2. The van der Waals surface area contributed by atoms with Gasteiger partial charge in [0.1, 0.15) is 0 Å². The van der Waals surface area contributed by atoms with Crippen molar-refractivity contribution in [2.45, 2.75) is 51.0 Å². The Morgan fingerprint density at radius 2 is 1.80 bits per heavy atom. The molecule has 4 saturated carbocycles. The van der Waals surface area contributed by atoms with E-state index < -0.39 is 0 Å². The highest BCUT2D eigenvalue weighted by Crippen LogP contribution is 2.62. The van der Waals surface area contributed by atoms with Crippen molar-refractivity contribution in [3.8, 4) is 0 Å². The fraction of sp³-hybridized carbons (Fsp3) is 0.750. The minimum absolute atomic E-state index is 0.333. The van der Waals surface area contributed by atoms with Crippen LogP contribution in [0.5, 0.6) is 0 Å². The molecule has 0 aliphatic heterocycles. The van der Waals surface area contributed by atoms with Crippen molar-refractivity contribution in [1.29, 1.82) is 0 Å². The second-order valence-corrected chi connectivity index (χ2v) is 10.2. The third-order valence-electron chi connectivity index (χ3n) is 5.78. The van der Waals surface area contributed by atoms with Crippen LogP contribution < -0.4 is 0 Å². The van der Waals surface area contributed by atoms with E-state index in [0.29, 0.717) is 5.41 Å². The molecule has 5 rings (SSSR count). The molecule has 1 N–H and O–H groups in total. The second-order valence-electron chi connectivity index (χ2n) is 7.41. The van der Waals surface area contributed by atoms with E-state index in [1.165, 1.54) is 38.5 Å². The van der Waals surface area contributed by atoms with Gasteiger partial charge in [-0.3, -0.25) is 0 Å². The molecule has 4 fully saturated rings. The number of aliphatic hydroxyl groups excluding tert-OH is 1. The summed E-state index contributed by atoms with van der Waals surface area (Å²) in [7, 11) is 0. The first-order chi connectivity index (χ1) is 9.53. The fourth-order valence-electron chi connectivity index (χ4n) is 5.58. The van der Waals surface area contributed by atoms with Gasteiger partial charge in [-0.2, -0.15) is 0 Å². The van der Waals surface area contributed by atoms with Crippen LogP contribution in [0.3, 0.4) is 0 Å². The Balaban J connectivity index is 1.53. The van der Waals surface area contributed by atoms with E-state index in [2.05, 4.69) is 15.9 Å². The number of hydrogen-bond acceptors (Lipinski definition) is 2. The minimum atomic E-state index is -0.333. The lowest BCUT2D eigenvalue weighted by Gasteiger charge is -2.57. The molecule has 4 aliphatic carbocycles. The molecule has 1 heterocycles. The summed E-state index contributed by atoms with van der Waals surface area (Å²) in [6.45, 7) is 0. The first kappa shape index (κ1) is 14.0. The molecule has 1 nitrogen and oxygen atoms in total. The van der Waals surface area contributed by atoms with Crippen LogP contribution in [0.2, 0.25) is 5.02 Å². The summed E-state index contributed by atoms with van der Waals surface area (Å²) in [6, 6.07) is 1.93. The summed E-state index contributed by atoms with van der Waals surface area (Å²) in [6.07, 6.45) is 9.08. The van der Waals surface area contributed by atoms with E-state index in [9.17, 15) is 5.11 Å². The average molecular weight is 376 g/mol. The van der Waals surface area contributed by atoms with Crippen molar-refractivity contribution < 1.29 is 5.11 Å². The molecule has 1 unspecified atom stereocenters. The number of aliphatic hydroxyl groups is 1. The van der Waals surface area contributed by atoms with E-state index >= 15 is 0 Å². The van der Waals surface area contributed by atoms with Gasteiger partial charge in [0, 0.05) is 4.88 Å². The van der Waals surface area contributed by atoms with Gasteiger partial charge in [0.2, 0.25) is 0 Å². The van der Waals surface area contributed by atoms with Crippen LogP contribution in [0.25, 0.3) is 0 Å². The van der Waals surface area contributed by atoms with Crippen LogP contribution in [-0.2, 0) is 0 Å². The van der Waals surface area contributed by atoms with Crippen molar-refractivity contribution >= 4 is 38.9 Å². The Labute approximate surface area is 137 Å². The standard InChI is InChI=1S/C16H20BrClOS/c17-15-12(18)4-14(20-15)13(19)8-16-5-9-1-10(6-16)3-11(2-9)7-16/h4,9-11,13,19H,1-3,5-8H2. The predicted molar refractivity (Wildman–Crippen MR) is 87.2 cm³/mol. The van der Waals surface area contributed by atoms with Gasteiger partial charge >= 0.3 is 0 Å². The zero-order valence-electron chi connectivity index (χ0n) is 11.4. The largest absolute Gasteiger partial charge is 0.388 e. The molecular weight excluding hydrogens is 356 g/mol. The van der Waals surface area contributed by atoms with E-state index in [-0.39, 0.29) is 6.10 Å². The summed E-state index contributed by atoms with van der Waals surface area (Å²) in [4.78, 5) is 1.03. The van der Waals surface area contributed by atoms with Gasteiger partial charge in [-0.1, -0.05) is 11.6 Å². The Morgan fingerprint density at radius 1 is 1.25 bits per heavy atom. The van der Waals surface area contributed by atoms with Gasteiger partial charge in [0.05, 0.1) is 14.9 Å². The molecule has 1 aromatic heterocycles. The molecule has 4 heteroatoms. The quantitative estimate of drug-likeness (QED) is 0.707. The molecule has 4 aliphatic rings. The molecule has 0 spiro atoms. The van der Waals surface area contributed by atoms with Gasteiger partial charge < -0.3 is 5.11 Å². The summed E-state index contributed by atoms with van der Waals surface area (Å²) in [5.41, 5.74) is 0.428. The normalized spacial score (nSPS) is 40.2.